The number of likely N-dealkylation sites (N-methyl/N-ethyl adjacent to an activating group) is 1. The van der Waals surface area contributed by atoms with Gasteiger partial charge in [0.15, 0.2) is 5.17 Å². The highest BCUT2D eigenvalue weighted by atomic mass is 32.2. The van der Waals surface area contributed by atoms with Crippen LogP contribution in [0.3, 0.4) is 0 Å². The normalized spacial score (nSPS) is 17.5. The van der Waals surface area contributed by atoms with E-state index in [1.165, 1.54) is 11.8 Å². The molecule has 7 nitrogen and oxygen atoms in total. The van der Waals surface area contributed by atoms with Crippen LogP contribution in [0.5, 0.6) is 5.75 Å². The van der Waals surface area contributed by atoms with Crippen molar-refractivity contribution >= 4 is 28.7 Å². The summed E-state index contributed by atoms with van der Waals surface area (Å²) in [5, 5.41) is 5.84. The molecule has 4 rings (SSSR count). The smallest absolute Gasteiger partial charge is 0.254 e. The third kappa shape index (κ3) is 5.59. The van der Waals surface area contributed by atoms with Crippen molar-refractivity contribution in [2.75, 3.05) is 20.2 Å². The number of hydrogen-bond acceptors (Lipinski definition) is 6. The van der Waals surface area contributed by atoms with E-state index < -0.39 is 6.04 Å². The zero-order valence-electron chi connectivity index (χ0n) is 22.0. The number of aliphatic imine (C=N–C) groups is 1. The lowest BCUT2D eigenvalue weighted by atomic mass is 9.92. The molecule has 2 aromatic carbocycles. The van der Waals surface area contributed by atoms with E-state index in [1.54, 1.807) is 7.11 Å². The first-order valence-corrected chi connectivity index (χ1v) is 13.5. The predicted molar refractivity (Wildman–Crippen MR) is 149 cm³/mol. The summed E-state index contributed by atoms with van der Waals surface area (Å²) < 4.78 is 5.50. The molecule has 0 saturated carbocycles. The van der Waals surface area contributed by atoms with Crippen LogP contribution in [0.2, 0.25) is 0 Å². The van der Waals surface area contributed by atoms with Crippen molar-refractivity contribution < 1.29 is 14.3 Å². The van der Waals surface area contributed by atoms with Gasteiger partial charge >= 0.3 is 0 Å². The summed E-state index contributed by atoms with van der Waals surface area (Å²) in [6.45, 7) is 9.02. The summed E-state index contributed by atoms with van der Waals surface area (Å²) in [4.78, 5) is 35.6. The van der Waals surface area contributed by atoms with E-state index in [2.05, 4.69) is 5.32 Å². The molecule has 0 unspecified atom stereocenters. The molecule has 37 heavy (non-hydrogen) atoms. The van der Waals surface area contributed by atoms with Crippen LogP contribution in [0.25, 0.3) is 0 Å². The summed E-state index contributed by atoms with van der Waals surface area (Å²) in [5.41, 5.74) is 4.08. The van der Waals surface area contributed by atoms with Crippen molar-refractivity contribution in [2.24, 2.45) is 4.99 Å². The van der Waals surface area contributed by atoms with E-state index >= 15 is 0 Å². The molecule has 0 saturated heterocycles. The Labute approximate surface area is 223 Å². The average molecular weight is 519 g/mol. The van der Waals surface area contributed by atoms with Crippen molar-refractivity contribution in [3.05, 3.63) is 88.1 Å². The highest BCUT2D eigenvalue weighted by Crippen LogP contribution is 2.45. The number of benzene rings is 2. The number of nitrogens with one attached hydrogen (secondary N) is 1. The maximum atomic E-state index is 13.8. The Hall–Kier alpha value is -3.52. The van der Waals surface area contributed by atoms with Gasteiger partial charge in [-0.1, -0.05) is 54.2 Å². The lowest BCUT2D eigenvalue weighted by Gasteiger charge is -2.38. The molecule has 2 amide bonds. The molecular formula is C29H34N4O3S. The quantitative estimate of drug-likeness (QED) is 0.481. The van der Waals surface area contributed by atoms with Gasteiger partial charge in [0.25, 0.3) is 5.91 Å². The van der Waals surface area contributed by atoms with Gasteiger partial charge in [-0.3, -0.25) is 9.59 Å². The molecule has 2 aliphatic rings. The average Bonchev–Trinajstić information content (AvgIpc) is 3.30. The number of carbonyl (C=O) groups excluding carboxylic acids is 2. The Kier molecular flexibility index (Phi) is 8.38. The molecule has 0 aromatic heterocycles. The first-order chi connectivity index (χ1) is 17.9. The number of carbonyl (C=O) groups is 2. The molecule has 0 aliphatic carbocycles. The summed E-state index contributed by atoms with van der Waals surface area (Å²) >= 11 is 1.48. The van der Waals surface area contributed by atoms with Crippen molar-refractivity contribution in [1.29, 1.82) is 0 Å². The fourth-order valence-electron chi connectivity index (χ4n) is 4.73. The lowest BCUT2D eigenvalue weighted by molar-refractivity contribution is -0.127. The maximum absolute atomic E-state index is 13.8. The van der Waals surface area contributed by atoms with Gasteiger partial charge in [0.1, 0.15) is 5.75 Å². The third-order valence-corrected chi connectivity index (χ3v) is 7.60. The number of rotatable bonds is 9. The number of thioether (sulfide) groups is 1. The zero-order valence-corrected chi connectivity index (χ0v) is 22.8. The number of hydrogen-bond donors (Lipinski definition) is 1. The van der Waals surface area contributed by atoms with Crippen LogP contribution in [0.4, 0.5) is 0 Å². The molecule has 2 aromatic rings. The topological polar surface area (TPSA) is 74.2 Å². The van der Waals surface area contributed by atoms with Crippen LogP contribution in [0, 0.1) is 0 Å². The molecule has 2 aliphatic heterocycles. The number of amidine groups is 1. The van der Waals surface area contributed by atoms with Crippen LogP contribution in [0.1, 0.15) is 57.3 Å². The van der Waals surface area contributed by atoms with Crippen LogP contribution in [-0.2, 0) is 9.59 Å². The number of methoxy groups -OCH3 is 1. The SMILES string of the molecule is CCN(CC)C(=O)C1=C(C)N=C2SC=C(CC(=O)N[C@H](C)c3ccccc3)N2[C@H]1c1cccc(OC)c1. The van der Waals surface area contributed by atoms with Crippen molar-refractivity contribution in [1.82, 2.24) is 15.1 Å². The maximum Gasteiger partial charge on any atom is 0.254 e. The van der Waals surface area contributed by atoms with Crippen LogP contribution >= 0.6 is 11.8 Å². The number of ether oxygens (including phenoxy) is 1. The van der Waals surface area contributed by atoms with Crippen molar-refractivity contribution in [2.45, 2.75) is 46.2 Å². The summed E-state index contributed by atoms with van der Waals surface area (Å²) in [6, 6.07) is 17.1. The highest BCUT2D eigenvalue weighted by Gasteiger charge is 2.41. The van der Waals surface area contributed by atoms with Gasteiger partial charge in [-0.15, -0.1) is 0 Å². The molecule has 8 heteroatoms. The molecule has 194 valence electrons. The molecule has 0 spiro atoms. The Bertz CT molecular complexity index is 1250. The fraction of sp³-hybridized carbons (Fsp3) is 0.345. The number of allylic oxidation sites excluding steroid dienone is 1. The molecule has 2 heterocycles. The molecular weight excluding hydrogens is 484 g/mol. The van der Waals surface area contributed by atoms with E-state index in [1.807, 2.05) is 97.5 Å². The largest absolute Gasteiger partial charge is 0.497 e. The van der Waals surface area contributed by atoms with E-state index in [-0.39, 0.29) is 24.3 Å². The standard InChI is InChI=1S/C29H34N4O3S/c1-6-32(7-2)28(35)26-20(4)31-29-33(27(26)22-14-11-15-24(16-22)36-5)23(18-37-29)17-25(34)30-19(3)21-12-9-8-10-13-21/h8-16,18-19,27H,6-7,17H2,1-5H3,(H,30,34)/t19-,27+/m1/s1. The summed E-state index contributed by atoms with van der Waals surface area (Å²) in [7, 11) is 1.63. The first-order valence-electron chi connectivity index (χ1n) is 12.6. The molecule has 0 bridgehead atoms. The molecule has 2 atom stereocenters. The number of amides is 2. The van der Waals surface area contributed by atoms with Crippen molar-refractivity contribution in [3.63, 3.8) is 0 Å². The van der Waals surface area contributed by atoms with Crippen LogP contribution < -0.4 is 10.1 Å². The van der Waals surface area contributed by atoms with E-state index in [0.29, 0.717) is 30.1 Å². The number of nitrogens with zero attached hydrogens (tertiary/aromatic N) is 3. The van der Waals surface area contributed by atoms with Gasteiger partial charge in [0.2, 0.25) is 5.91 Å². The van der Waals surface area contributed by atoms with E-state index in [4.69, 9.17) is 9.73 Å². The molecule has 1 N–H and O–H groups in total. The Morgan fingerprint density at radius 2 is 1.86 bits per heavy atom. The highest BCUT2D eigenvalue weighted by molar-refractivity contribution is 8.16. The van der Waals surface area contributed by atoms with Gasteiger partial charge in [0.05, 0.1) is 36.9 Å². The summed E-state index contributed by atoms with van der Waals surface area (Å²) in [6.07, 6.45) is 0.176. The molecule has 0 fully saturated rings. The van der Waals surface area contributed by atoms with Gasteiger partial charge in [0, 0.05) is 18.8 Å². The Morgan fingerprint density at radius 3 is 2.54 bits per heavy atom. The van der Waals surface area contributed by atoms with Crippen LogP contribution in [-0.4, -0.2) is 47.0 Å². The minimum atomic E-state index is -0.420. The first kappa shape index (κ1) is 26.5. The zero-order chi connectivity index (χ0) is 26.5. The van der Waals surface area contributed by atoms with Crippen LogP contribution in [0.15, 0.2) is 82.0 Å². The second-order valence-corrected chi connectivity index (χ2v) is 9.86. The monoisotopic (exact) mass is 518 g/mol. The molecule has 0 radical (unpaired) electrons. The van der Waals surface area contributed by atoms with Gasteiger partial charge < -0.3 is 19.9 Å². The van der Waals surface area contributed by atoms with E-state index in [9.17, 15) is 9.59 Å². The van der Waals surface area contributed by atoms with Gasteiger partial charge in [-0.25, -0.2) is 4.99 Å². The van der Waals surface area contributed by atoms with Gasteiger partial charge in [-0.2, -0.15) is 0 Å². The minimum absolute atomic E-state index is 0.0449. The number of fused-ring (bicyclic) bond motifs is 1. The fourth-order valence-corrected chi connectivity index (χ4v) is 5.70. The second kappa shape index (κ2) is 11.7. The van der Waals surface area contributed by atoms with Gasteiger partial charge in [-0.05, 0) is 56.4 Å². The third-order valence-electron chi connectivity index (χ3n) is 6.71. The Morgan fingerprint density at radius 1 is 1.14 bits per heavy atom. The predicted octanol–water partition coefficient (Wildman–Crippen LogP) is 5.41. The minimum Gasteiger partial charge on any atom is -0.497 e. The Balaban J connectivity index is 1.67. The second-order valence-electron chi connectivity index (χ2n) is 9.02. The summed E-state index contributed by atoms with van der Waals surface area (Å²) in [5.74, 6) is 0.578. The van der Waals surface area contributed by atoms with Crippen molar-refractivity contribution in [3.8, 4) is 5.75 Å². The van der Waals surface area contributed by atoms with E-state index in [0.717, 1.165) is 22.0 Å². The lowest BCUT2D eigenvalue weighted by Crippen LogP contribution is -2.42.